The third-order valence-corrected chi connectivity index (χ3v) is 5.02. The van der Waals surface area contributed by atoms with E-state index in [4.69, 9.17) is 0 Å². The van der Waals surface area contributed by atoms with E-state index < -0.39 is 0 Å². The predicted octanol–water partition coefficient (Wildman–Crippen LogP) is 2.43. The quantitative estimate of drug-likeness (QED) is 0.839. The van der Waals surface area contributed by atoms with E-state index in [1.807, 2.05) is 4.90 Å². The van der Waals surface area contributed by atoms with Crippen LogP contribution >= 0.6 is 0 Å². The van der Waals surface area contributed by atoms with Gasteiger partial charge in [-0.1, -0.05) is 20.3 Å². The Bertz CT molecular complexity index is 297. The van der Waals surface area contributed by atoms with Gasteiger partial charge in [0.15, 0.2) is 0 Å². The Balaban J connectivity index is 1.86. The summed E-state index contributed by atoms with van der Waals surface area (Å²) in [6.45, 7) is 6.10. The lowest BCUT2D eigenvalue weighted by Crippen LogP contribution is -2.38. The van der Waals surface area contributed by atoms with Crippen molar-refractivity contribution in [3.8, 4) is 0 Å². The molecular formula is C15H27NO2. The Morgan fingerprint density at radius 1 is 1.33 bits per heavy atom. The second-order valence-corrected chi connectivity index (χ2v) is 6.60. The molecule has 2 rings (SSSR count). The van der Waals surface area contributed by atoms with Crippen molar-refractivity contribution >= 4 is 5.91 Å². The highest BCUT2D eigenvalue weighted by atomic mass is 16.3. The van der Waals surface area contributed by atoms with E-state index in [9.17, 15) is 9.90 Å². The van der Waals surface area contributed by atoms with Crippen molar-refractivity contribution in [2.24, 2.45) is 17.3 Å². The van der Waals surface area contributed by atoms with Crippen LogP contribution in [0.5, 0.6) is 0 Å². The molecule has 3 nitrogen and oxygen atoms in total. The molecule has 0 radical (unpaired) electrons. The van der Waals surface area contributed by atoms with Crippen LogP contribution in [0.1, 0.15) is 52.4 Å². The number of aliphatic hydroxyl groups is 1. The van der Waals surface area contributed by atoms with Crippen LogP contribution in [-0.4, -0.2) is 35.6 Å². The lowest BCUT2D eigenvalue weighted by Gasteiger charge is -2.30. The molecule has 1 aliphatic carbocycles. The number of carbonyl (C=O) groups excluding carboxylic acids is 1. The molecule has 1 N–H and O–H groups in total. The number of aliphatic hydroxyl groups excluding tert-OH is 1. The van der Waals surface area contributed by atoms with Crippen molar-refractivity contribution in [2.45, 2.75) is 52.4 Å². The molecule has 1 heterocycles. The number of hydrogen-bond donors (Lipinski definition) is 1. The maximum atomic E-state index is 12.4. The van der Waals surface area contributed by atoms with E-state index >= 15 is 0 Å². The summed E-state index contributed by atoms with van der Waals surface area (Å²) in [5.74, 6) is 1.45. The number of likely N-dealkylation sites (tertiary alicyclic amines) is 1. The molecule has 0 aromatic carbocycles. The number of hydrogen-bond acceptors (Lipinski definition) is 2. The molecule has 1 aliphatic heterocycles. The molecule has 0 aromatic heterocycles. The molecule has 0 bridgehead atoms. The highest BCUT2D eigenvalue weighted by Crippen LogP contribution is 2.35. The summed E-state index contributed by atoms with van der Waals surface area (Å²) < 4.78 is 0. The standard InChI is InChI=1S/C15H27NO2/c1-3-12-4-6-13(7-5-12)14(18)16-9-8-15(2,10-16)11-17/h12-13,17H,3-11H2,1-2H3/t12?,13?,15-/m0/s1. The predicted molar refractivity (Wildman–Crippen MR) is 72.1 cm³/mol. The first-order valence-corrected chi connectivity index (χ1v) is 7.47. The Morgan fingerprint density at radius 3 is 2.50 bits per heavy atom. The zero-order valence-electron chi connectivity index (χ0n) is 11.8. The van der Waals surface area contributed by atoms with Gasteiger partial charge in [0.05, 0.1) is 6.61 Å². The van der Waals surface area contributed by atoms with Crippen molar-refractivity contribution in [1.82, 2.24) is 4.90 Å². The lowest BCUT2D eigenvalue weighted by atomic mass is 9.80. The summed E-state index contributed by atoms with van der Waals surface area (Å²) in [5, 5.41) is 9.36. The van der Waals surface area contributed by atoms with Crippen molar-refractivity contribution in [2.75, 3.05) is 19.7 Å². The van der Waals surface area contributed by atoms with Gasteiger partial charge in [0.1, 0.15) is 0 Å². The third kappa shape index (κ3) is 2.87. The molecule has 2 fully saturated rings. The van der Waals surface area contributed by atoms with Crippen LogP contribution in [0.2, 0.25) is 0 Å². The Kier molecular flexibility index (Phi) is 4.31. The maximum Gasteiger partial charge on any atom is 0.225 e. The van der Waals surface area contributed by atoms with E-state index in [1.54, 1.807) is 0 Å². The van der Waals surface area contributed by atoms with Gasteiger partial charge in [0.25, 0.3) is 0 Å². The molecule has 0 unspecified atom stereocenters. The molecular weight excluding hydrogens is 226 g/mol. The van der Waals surface area contributed by atoms with Crippen LogP contribution in [0.3, 0.4) is 0 Å². The van der Waals surface area contributed by atoms with E-state index in [0.717, 1.165) is 38.3 Å². The monoisotopic (exact) mass is 253 g/mol. The van der Waals surface area contributed by atoms with Gasteiger partial charge in [0.2, 0.25) is 5.91 Å². The summed E-state index contributed by atoms with van der Waals surface area (Å²) >= 11 is 0. The van der Waals surface area contributed by atoms with Crippen LogP contribution in [0.15, 0.2) is 0 Å². The maximum absolute atomic E-state index is 12.4. The number of amides is 1. The van der Waals surface area contributed by atoms with E-state index in [1.165, 1.54) is 19.3 Å². The summed E-state index contributed by atoms with van der Waals surface area (Å²) in [6, 6.07) is 0. The van der Waals surface area contributed by atoms with Gasteiger partial charge in [-0.2, -0.15) is 0 Å². The topological polar surface area (TPSA) is 40.5 Å². The fourth-order valence-electron chi connectivity index (χ4n) is 3.42. The van der Waals surface area contributed by atoms with Crippen molar-refractivity contribution in [3.05, 3.63) is 0 Å². The highest BCUT2D eigenvalue weighted by molar-refractivity contribution is 5.79. The molecule has 1 atom stereocenters. The number of rotatable bonds is 3. The van der Waals surface area contributed by atoms with E-state index in [-0.39, 0.29) is 17.9 Å². The third-order valence-electron chi connectivity index (χ3n) is 5.02. The normalized spacial score (nSPS) is 36.9. The molecule has 0 aromatic rings. The smallest absolute Gasteiger partial charge is 0.225 e. The second-order valence-electron chi connectivity index (χ2n) is 6.60. The summed E-state index contributed by atoms with van der Waals surface area (Å²) in [4.78, 5) is 14.4. The largest absolute Gasteiger partial charge is 0.396 e. The fraction of sp³-hybridized carbons (Fsp3) is 0.933. The van der Waals surface area contributed by atoms with Crippen molar-refractivity contribution < 1.29 is 9.90 Å². The zero-order chi connectivity index (χ0) is 13.2. The summed E-state index contributed by atoms with van der Waals surface area (Å²) in [5.41, 5.74) is -0.0592. The first-order chi connectivity index (χ1) is 8.58. The zero-order valence-corrected chi connectivity index (χ0v) is 11.8. The second kappa shape index (κ2) is 5.60. The first-order valence-electron chi connectivity index (χ1n) is 7.47. The van der Waals surface area contributed by atoms with Crippen LogP contribution < -0.4 is 0 Å². The van der Waals surface area contributed by atoms with Gasteiger partial charge in [-0.15, -0.1) is 0 Å². The number of nitrogens with zero attached hydrogens (tertiary/aromatic N) is 1. The average molecular weight is 253 g/mol. The van der Waals surface area contributed by atoms with Gasteiger partial charge in [-0.05, 0) is 38.0 Å². The molecule has 0 spiro atoms. The lowest BCUT2D eigenvalue weighted by molar-refractivity contribution is -0.136. The summed E-state index contributed by atoms with van der Waals surface area (Å²) in [7, 11) is 0. The van der Waals surface area contributed by atoms with Gasteiger partial charge < -0.3 is 10.0 Å². The molecule has 18 heavy (non-hydrogen) atoms. The van der Waals surface area contributed by atoms with Gasteiger partial charge >= 0.3 is 0 Å². The Hall–Kier alpha value is -0.570. The average Bonchev–Trinajstić information content (AvgIpc) is 2.81. The van der Waals surface area contributed by atoms with Crippen LogP contribution in [0.25, 0.3) is 0 Å². The summed E-state index contributed by atoms with van der Waals surface area (Å²) in [6.07, 6.45) is 6.79. The fourth-order valence-corrected chi connectivity index (χ4v) is 3.42. The van der Waals surface area contributed by atoms with Crippen LogP contribution in [-0.2, 0) is 4.79 Å². The van der Waals surface area contributed by atoms with Gasteiger partial charge in [-0.25, -0.2) is 0 Å². The molecule has 3 heteroatoms. The molecule has 1 saturated carbocycles. The van der Waals surface area contributed by atoms with Gasteiger partial charge in [-0.3, -0.25) is 4.79 Å². The molecule has 1 amide bonds. The first kappa shape index (κ1) is 13.9. The molecule has 2 aliphatic rings. The molecule has 104 valence electrons. The van der Waals surface area contributed by atoms with Crippen molar-refractivity contribution in [3.63, 3.8) is 0 Å². The number of carbonyl (C=O) groups is 1. The minimum absolute atomic E-state index is 0.0592. The molecule has 1 saturated heterocycles. The van der Waals surface area contributed by atoms with Crippen LogP contribution in [0, 0.1) is 17.3 Å². The van der Waals surface area contributed by atoms with Crippen LogP contribution in [0.4, 0.5) is 0 Å². The van der Waals surface area contributed by atoms with E-state index in [2.05, 4.69) is 13.8 Å². The Morgan fingerprint density at radius 2 is 2.00 bits per heavy atom. The van der Waals surface area contributed by atoms with Crippen molar-refractivity contribution in [1.29, 1.82) is 0 Å². The SMILES string of the molecule is CCC1CCC(C(=O)N2CC[C@](C)(CO)C2)CC1. The Labute approximate surface area is 111 Å². The minimum atomic E-state index is -0.0592. The van der Waals surface area contributed by atoms with E-state index in [0.29, 0.717) is 5.91 Å². The minimum Gasteiger partial charge on any atom is -0.396 e. The van der Waals surface area contributed by atoms with Gasteiger partial charge in [0, 0.05) is 24.4 Å². The highest BCUT2D eigenvalue weighted by Gasteiger charge is 2.38.